The number of nitrogens with zero attached hydrogens (tertiary/aromatic N) is 3. The number of piperazine rings is 1. The molecule has 1 N–H and O–H groups in total. The molecule has 1 unspecified atom stereocenters. The Bertz CT molecular complexity index is 586. The van der Waals surface area contributed by atoms with E-state index in [-0.39, 0.29) is 17.4 Å². The summed E-state index contributed by atoms with van der Waals surface area (Å²) in [5, 5.41) is 14.7. The van der Waals surface area contributed by atoms with Gasteiger partial charge in [-0.2, -0.15) is 0 Å². The molecule has 1 aromatic rings. The van der Waals surface area contributed by atoms with Crippen LogP contribution in [0.15, 0.2) is 18.8 Å². The summed E-state index contributed by atoms with van der Waals surface area (Å²) < 4.78 is 5.34. The number of ether oxygens (including phenoxy) is 1. The normalized spacial score (nSPS) is 23.7. The van der Waals surface area contributed by atoms with E-state index in [4.69, 9.17) is 4.74 Å². The van der Waals surface area contributed by atoms with E-state index in [0.29, 0.717) is 25.4 Å². The van der Waals surface area contributed by atoms with Crippen LogP contribution in [-0.2, 0) is 4.74 Å². The standard InChI is InChI=1S/C14H18N4O3/c1-3-11-6-12(13(15-7-11)18(19)20)17-5-4-16-14(10(17)2)8-21-9-14/h3,6-7,10,16H,1,4-5,8-9H2,2H3. The zero-order valence-corrected chi connectivity index (χ0v) is 11.9. The van der Waals surface area contributed by atoms with Gasteiger partial charge in [-0.25, -0.2) is 0 Å². The van der Waals surface area contributed by atoms with Crippen LogP contribution in [-0.4, -0.2) is 47.8 Å². The number of nitro groups is 1. The van der Waals surface area contributed by atoms with Gasteiger partial charge in [0.2, 0.25) is 0 Å². The molecule has 0 aromatic carbocycles. The molecule has 0 aliphatic carbocycles. The molecule has 112 valence electrons. The van der Waals surface area contributed by atoms with Gasteiger partial charge in [-0.3, -0.25) is 0 Å². The van der Waals surface area contributed by atoms with Crippen LogP contribution in [0.25, 0.3) is 6.08 Å². The second-order valence-corrected chi connectivity index (χ2v) is 5.52. The summed E-state index contributed by atoms with van der Waals surface area (Å²) in [6.07, 6.45) is 3.12. The first-order valence-electron chi connectivity index (χ1n) is 6.94. The highest BCUT2D eigenvalue weighted by atomic mass is 16.6. The molecule has 1 atom stereocenters. The lowest BCUT2D eigenvalue weighted by Gasteiger charge is -2.54. The molecule has 7 nitrogen and oxygen atoms in total. The third-order valence-corrected chi connectivity index (χ3v) is 4.40. The molecule has 1 spiro atoms. The van der Waals surface area contributed by atoms with E-state index in [2.05, 4.69) is 28.7 Å². The Balaban J connectivity index is 2.01. The van der Waals surface area contributed by atoms with E-state index >= 15 is 0 Å². The third kappa shape index (κ3) is 2.18. The number of aromatic nitrogens is 1. The van der Waals surface area contributed by atoms with Gasteiger partial charge < -0.3 is 25.1 Å². The summed E-state index contributed by atoms with van der Waals surface area (Å²) in [7, 11) is 0. The van der Waals surface area contributed by atoms with Gasteiger partial charge in [0.05, 0.1) is 18.8 Å². The van der Waals surface area contributed by atoms with Gasteiger partial charge in [0.15, 0.2) is 0 Å². The molecular formula is C14H18N4O3. The highest BCUT2D eigenvalue weighted by Crippen LogP contribution is 2.35. The van der Waals surface area contributed by atoms with Crippen LogP contribution < -0.4 is 10.2 Å². The van der Waals surface area contributed by atoms with Crippen LogP contribution in [0.1, 0.15) is 12.5 Å². The van der Waals surface area contributed by atoms with Crippen LogP contribution in [0.3, 0.4) is 0 Å². The Morgan fingerprint density at radius 2 is 2.43 bits per heavy atom. The zero-order valence-electron chi connectivity index (χ0n) is 11.9. The molecule has 0 bridgehead atoms. The van der Waals surface area contributed by atoms with Crippen molar-refractivity contribution in [1.29, 1.82) is 0 Å². The van der Waals surface area contributed by atoms with Crippen molar-refractivity contribution in [3.63, 3.8) is 0 Å². The molecule has 2 aliphatic heterocycles. The number of anilines is 1. The van der Waals surface area contributed by atoms with Crippen molar-refractivity contribution in [3.05, 3.63) is 34.5 Å². The maximum Gasteiger partial charge on any atom is 0.387 e. The second kappa shape index (κ2) is 5.09. The molecule has 1 aromatic heterocycles. The van der Waals surface area contributed by atoms with Crippen molar-refractivity contribution in [2.24, 2.45) is 0 Å². The number of nitrogens with one attached hydrogen (secondary N) is 1. The Morgan fingerprint density at radius 1 is 1.67 bits per heavy atom. The molecule has 2 saturated heterocycles. The predicted molar refractivity (Wildman–Crippen MR) is 79.3 cm³/mol. The van der Waals surface area contributed by atoms with Crippen molar-refractivity contribution in [2.75, 3.05) is 31.2 Å². The average molecular weight is 290 g/mol. The highest BCUT2D eigenvalue weighted by molar-refractivity contribution is 5.65. The lowest BCUT2D eigenvalue weighted by molar-refractivity contribution is -0.388. The van der Waals surface area contributed by atoms with Crippen LogP contribution in [0.5, 0.6) is 0 Å². The summed E-state index contributed by atoms with van der Waals surface area (Å²) in [5.74, 6) is -0.107. The van der Waals surface area contributed by atoms with Gasteiger partial charge in [0.1, 0.15) is 11.9 Å². The monoisotopic (exact) mass is 290 g/mol. The van der Waals surface area contributed by atoms with E-state index in [1.807, 2.05) is 0 Å². The Morgan fingerprint density at radius 3 is 3.00 bits per heavy atom. The van der Waals surface area contributed by atoms with Crippen molar-refractivity contribution in [3.8, 4) is 0 Å². The molecular weight excluding hydrogens is 272 g/mol. The largest absolute Gasteiger partial charge is 0.387 e. The molecule has 2 fully saturated rings. The molecule has 0 radical (unpaired) electrons. The van der Waals surface area contributed by atoms with E-state index in [0.717, 1.165) is 12.1 Å². The summed E-state index contributed by atoms with van der Waals surface area (Å²) in [6.45, 7) is 8.51. The smallest absolute Gasteiger partial charge is 0.377 e. The first kappa shape index (κ1) is 14.0. The van der Waals surface area contributed by atoms with Gasteiger partial charge in [-0.15, -0.1) is 0 Å². The molecule has 3 heterocycles. The van der Waals surface area contributed by atoms with Crippen molar-refractivity contribution < 1.29 is 9.66 Å². The quantitative estimate of drug-likeness (QED) is 0.665. The maximum absolute atomic E-state index is 11.3. The fourth-order valence-corrected chi connectivity index (χ4v) is 2.98. The van der Waals surface area contributed by atoms with Gasteiger partial charge in [0.25, 0.3) is 0 Å². The molecule has 2 aliphatic rings. The summed E-state index contributed by atoms with van der Waals surface area (Å²) >= 11 is 0. The van der Waals surface area contributed by atoms with E-state index in [9.17, 15) is 10.1 Å². The van der Waals surface area contributed by atoms with Crippen LogP contribution >= 0.6 is 0 Å². The lowest BCUT2D eigenvalue weighted by Crippen LogP contribution is -2.74. The first-order chi connectivity index (χ1) is 10.1. The number of hydrogen-bond donors (Lipinski definition) is 1. The Labute approximate surface area is 122 Å². The van der Waals surface area contributed by atoms with Gasteiger partial charge in [-0.05, 0) is 22.9 Å². The Kier molecular flexibility index (Phi) is 3.38. The number of pyridine rings is 1. The zero-order chi connectivity index (χ0) is 15.0. The van der Waals surface area contributed by atoms with Gasteiger partial charge in [0, 0.05) is 24.7 Å². The maximum atomic E-state index is 11.3. The van der Waals surface area contributed by atoms with Crippen molar-refractivity contribution in [2.45, 2.75) is 18.5 Å². The SMILES string of the molecule is C=Cc1cnc([N+](=O)[O-])c(N2CCNC3(COC3)C2C)c1. The molecule has 7 heteroatoms. The summed E-state index contributed by atoms with van der Waals surface area (Å²) in [4.78, 5) is 16.9. The first-order valence-corrected chi connectivity index (χ1v) is 6.94. The predicted octanol–water partition coefficient (Wildman–Crippen LogP) is 1.20. The number of hydrogen-bond acceptors (Lipinski definition) is 6. The molecule has 0 saturated carbocycles. The Hall–Kier alpha value is -1.99. The average Bonchev–Trinajstić information content (AvgIpc) is 2.45. The summed E-state index contributed by atoms with van der Waals surface area (Å²) in [6, 6.07) is 1.88. The minimum atomic E-state index is -0.430. The van der Waals surface area contributed by atoms with Gasteiger partial charge >= 0.3 is 5.82 Å². The minimum Gasteiger partial charge on any atom is -0.377 e. The van der Waals surface area contributed by atoms with Crippen molar-refractivity contribution in [1.82, 2.24) is 10.3 Å². The van der Waals surface area contributed by atoms with Crippen LogP contribution in [0.2, 0.25) is 0 Å². The van der Waals surface area contributed by atoms with E-state index in [1.165, 1.54) is 6.20 Å². The second-order valence-electron chi connectivity index (χ2n) is 5.52. The molecule has 0 amide bonds. The van der Waals surface area contributed by atoms with Gasteiger partial charge in [-0.1, -0.05) is 12.7 Å². The van der Waals surface area contributed by atoms with E-state index in [1.54, 1.807) is 12.1 Å². The fourth-order valence-electron chi connectivity index (χ4n) is 2.98. The summed E-state index contributed by atoms with van der Waals surface area (Å²) in [5.41, 5.74) is 1.22. The lowest BCUT2D eigenvalue weighted by atomic mass is 9.85. The van der Waals surface area contributed by atoms with Crippen LogP contribution in [0.4, 0.5) is 11.5 Å². The van der Waals surface area contributed by atoms with Crippen molar-refractivity contribution >= 4 is 17.6 Å². The minimum absolute atomic E-state index is 0.0977. The molecule has 21 heavy (non-hydrogen) atoms. The molecule has 3 rings (SSSR count). The highest BCUT2D eigenvalue weighted by Gasteiger charge is 2.49. The van der Waals surface area contributed by atoms with E-state index < -0.39 is 4.92 Å². The third-order valence-electron chi connectivity index (χ3n) is 4.40. The topological polar surface area (TPSA) is 80.5 Å². The fraction of sp³-hybridized carbons (Fsp3) is 0.500. The van der Waals surface area contributed by atoms with Crippen LogP contribution in [0, 0.1) is 10.1 Å². The number of rotatable bonds is 3.